The van der Waals surface area contributed by atoms with E-state index in [-0.39, 0.29) is 29.2 Å². The van der Waals surface area contributed by atoms with E-state index in [1.807, 2.05) is 18.2 Å². The summed E-state index contributed by atoms with van der Waals surface area (Å²) >= 11 is 1.10. The smallest absolute Gasteiger partial charge is 0.347 e. The zero-order chi connectivity index (χ0) is 18.3. The van der Waals surface area contributed by atoms with Gasteiger partial charge in [0.05, 0.1) is 12.2 Å². The lowest BCUT2D eigenvalue weighted by molar-refractivity contribution is -0.122. The molecule has 2 aromatic rings. The molecule has 0 saturated heterocycles. The Bertz CT molecular complexity index is 878. The lowest BCUT2D eigenvalue weighted by atomic mass is 10.1. The molecule has 1 saturated carbocycles. The number of nitrogens with zero attached hydrogens (tertiary/aromatic N) is 1. The zero-order valence-electron chi connectivity index (χ0n) is 14.2. The third kappa shape index (κ3) is 3.24. The van der Waals surface area contributed by atoms with Crippen molar-refractivity contribution in [2.75, 3.05) is 13.2 Å². The minimum absolute atomic E-state index is 0.0328. The fourth-order valence-electron chi connectivity index (χ4n) is 3.16. The SMILES string of the molecule is Cc1nc(CNC(=O)C2CC2c2ccc3c(c2)OCCO3)sc1C(=O)O. The Kier molecular flexibility index (Phi) is 4.28. The summed E-state index contributed by atoms with van der Waals surface area (Å²) in [6, 6.07) is 5.83. The number of carboxylic acids is 1. The molecule has 2 N–H and O–H groups in total. The first-order chi connectivity index (χ1) is 12.5. The first-order valence-corrected chi connectivity index (χ1v) is 9.21. The van der Waals surface area contributed by atoms with Crippen molar-refractivity contribution in [3.8, 4) is 11.5 Å². The van der Waals surface area contributed by atoms with Gasteiger partial charge in [0.2, 0.25) is 5.91 Å². The van der Waals surface area contributed by atoms with E-state index in [0.717, 1.165) is 34.8 Å². The normalized spacial score (nSPS) is 20.5. The minimum Gasteiger partial charge on any atom is -0.486 e. The molecule has 4 rings (SSSR count). The Labute approximate surface area is 154 Å². The van der Waals surface area contributed by atoms with E-state index in [0.29, 0.717) is 23.9 Å². The molecule has 7 nitrogen and oxygen atoms in total. The molecular formula is C18H18N2O5S. The molecule has 2 heterocycles. The standard InChI is InChI=1S/C18H18N2O5S/c1-9-16(18(22)23)26-15(20-9)8-19-17(21)12-7-11(12)10-2-3-13-14(6-10)25-5-4-24-13/h2-3,6,11-12H,4-5,7-8H2,1H3,(H,19,21)(H,22,23). The number of carbonyl (C=O) groups excluding carboxylic acids is 1. The molecule has 26 heavy (non-hydrogen) atoms. The molecule has 136 valence electrons. The number of aryl methyl sites for hydroxylation is 1. The van der Waals surface area contributed by atoms with Crippen LogP contribution >= 0.6 is 11.3 Å². The van der Waals surface area contributed by atoms with Gasteiger partial charge in [-0.2, -0.15) is 0 Å². The average Bonchev–Trinajstić information content (AvgIpc) is 3.35. The van der Waals surface area contributed by atoms with Crippen LogP contribution in [0.5, 0.6) is 11.5 Å². The molecular weight excluding hydrogens is 356 g/mol. The van der Waals surface area contributed by atoms with Gasteiger partial charge in [-0.05, 0) is 37.0 Å². The van der Waals surface area contributed by atoms with Crippen molar-refractivity contribution in [3.05, 3.63) is 39.3 Å². The number of aromatic carboxylic acids is 1. The monoisotopic (exact) mass is 374 g/mol. The van der Waals surface area contributed by atoms with E-state index in [1.54, 1.807) is 6.92 Å². The maximum atomic E-state index is 12.4. The molecule has 2 atom stereocenters. The van der Waals surface area contributed by atoms with E-state index in [2.05, 4.69) is 10.3 Å². The highest BCUT2D eigenvalue weighted by Gasteiger charge is 2.44. The van der Waals surface area contributed by atoms with Crippen molar-refractivity contribution in [2.45, 2.75) is 25.8 Å². The number of rotatable bonds is 5. The second-order valence-electron chi connectivity index (χ2n) is 6.40. The highest BCUT2D eigenvalue weighted by atomic mass is 32.1. The van der Waals surface area contributed by atoms with Crippen LogP contribution in [0.2, 0.25) is 0 Å². The Hall–Kier alpha value is -2.61. The number of benzene rings is 1. The molecule has 0 radical (unpaired) electrons. The van der Waals surface area contributed by atoms with Gasteiger partial charge in [-0.15, -0.1) is 11.3 Å². The number of carbonyl (C=O) groups is 2. The first kappa shape index (κ1) is 16.8. The van der Waals surface area contributed by atoms with Crippen molar-refractivity contribution < 1.29 is 24.2 Å². The topological polar surface area (TPSA) is 97.8 Å². The summed E-state index contributed by atoms with van der Waals surface area (Å²) in [5.41, 5.74) is 1.56. The molecule has 1 aliphatic carbocycles. The minimum atomic E-state index is -0.988. The highest BCUT2D eigenvalue weighted by Crippen LogP contribution is 2.49. The number of nitrogens with one attached hydrogen (secondary N) is 1. The Morgan fingerprint density at radius 3 is 2.81 bits per heavy atom. The van der Waals surface area contributed by atoms with Gasteiger partial charge < -0.3 is 19.9 Å². The molecule has 2 aliphatic rings. The van der Waals surface area contributed by atoms with Crippen LogP contribution in [0.4, 0.5) is 0 Å². The number of fused-ring (bicyclic) bond motifs is 1. The van der Waals surface area contributed by atoms with Crippen LogP contribution in [0.1, 0.15) is 38.3 Å². The lowest BCUT2D eigenvalue weighted by Gasteiger charge is -2.18. The number of aromatic nitrogens is 1. The quantitative estimate of drug-likeness (QED) is 0.834. The van der Waals surface area contributed by atoms with Crippen molar-refractivity contribution in [1.29, 1.82) is 0 Å². The van der Waals surface area contributed by atoms with Gasteiger partial charge >= 0.3 is 5.97 Å². The van der Waals surface area contributed by atoms with E-state index in [9.17, 15) is 9.59 Å². The Morgan fingerprint density at radius 2 is 2.08 bits per heavy atom. The van der Waals surface area contributed by atoms with Crippen molar-refractivity contribution in [2.24, 2.45) is 5.92 Å². The third-order valence-electron chi connectivity index (χ3n) is 4.57. The molecule has 2 unspecified atom stereocenters. The predicted molar refractivity (Wildman–Crippen MR) is 93.9 cm³/mol. The van der Waals surface area contributed by atoms with E-state index < -0.39 is 5.97 Å². The third-order valence-corrected chi connectivity index (χ3v) is 5.72. The summed E-state index contributed by atoms with van der Waals surface area (Å²) in [5, 5.41) is 12.5. The fraction of sp³-hybridized carbons (Fsp3) is 0.389. The van der Waals surface area contributed by atoms with Gasteiger partial charge in [0.1, 0.15) is 23.1 Å². The molecule has 0 spiro atoms. The molecule has 1 aromatic heterocycles. The van der Waals surface area contributed by atoms with Gasteiger partial charge in [-0.1, -0.05) is 6.07 Å². The summed E-state index contributed by atoms with van der Waals surface area (Å²) in [5.74, 6) is 0.568. The number of hydrogen-bond acceptors (Lipinski definition) is 6. The number of ether oxygens (including phenoxy) is 2. The van der Waals surface area contributed by atoms with Crippen LogP contribution in [0.25, 0.3) is 0 Å². The second-order valence-corrected chi connectivity index (χ2v) is 7.48. The van der Waals surface area contributed by atoms with Crippen molar-refractivity contribution in [3.63, 3.8) is 0 Å². The molecule has 1 aliphatic heterocycles. The van der Waals surface area contributed by atoms with Crippen molar-refractivity contribution >= 4 is 23.2 Å². The Morgan fingerprint density at radius 1 is 1.31 bits per heavy atom. The van der Waals surface area contributed by atoms with Gasteiger partial charge in [0, 0.05) is 5.92 Å². The number of hydrogen-bond donors (Lipinski definition) is 2. The van der Waals surface area contributed by atoms with Crippen LogP contribution in [0, 0.1) is 12.8 Å². The summed E-state index contributed by atoms with van der Waals surface area (Å²) < 4.78 is 11.1. The van der Waals surface area contributed by atoms with Gasteiger partial charge in [0.25, 0.3) is 0 Å². The van der Waals surface area contributed by atoms with E-state index >= 15 is 0 Å². The summed E-state index contributed by atoms with van der Waals surface area (Å²) in [7, 11) is 0. The summed E-state index contributed by atoms with van der Waals surface area (Å²) in [6.45, 7) is 3.00. The van der Waals surface area contributed by atoms with Gasteiger partial charge in [-0.25, -0.2) is 9.78 Å². The Balaban J connectivity index is 1.35. The molecule has 1 amide bonds. The highest BCUT2D eigenvalue weighted by molar-refractivity contribution is 7.13. The lowest BCUT2D eigenvalue weighted by Crippen LogP contribution is -2.24. The zero-order valence-corrected chi connectivity index (χ0v) is 15.0. The van der Waals surface area contributed by atoms with Crippen LogP contribution in [0.3, 0.4) is 0 Å². The average molecular weight is 374 g/mol. The van der Waals surface area contributed by atoms with E-state index in [1.165, 1.54) is 0 Å². The van der Waals surface area contributed by atoms with E-state index in [4.69, 9.17) is 14.6 Å². The largest absolute Gasteiger partial charge is 0.486 e. The molecule has 8 heteroatoms. The second kappa shape index (κ2) is 6.60. The fourth-order valence-corrected chi connectivity index (χ4v) is 4.01. The predicted octanol–water partition coefficient (Wildman–Crippen LogP) is 2.34. The maximum Gasteiger partial charge on any atom is 0.347 e. The van der Waals surface area contributed by atoms with Crippen LogP contribution in [0.15, 0.2) is 18.2 Å². The van der Waals surface area contributed by atoms with Crippen LogP contribution in [-0.2, 0) is 11.3 Å². The number of carboxylic acid groups (broad SMARTS) is 1. The van der Waals surface area contributed by atoms with Crippen molar-refractivity contribution in [1.82, 2.24) is 10.3 Å². The van der Waals surface area contributed by atoms with Gasteiger partial charge in [0.15, 0.2) is 11.5 Å². The molecule has 0 bridgehead atoms. The maximum absolute atomic E-state index is 12.4. The van der Waals surface area contributed by atoms with Crippen LogP contribution < -0.4 is 14.8 Å². The summed E-state index contributed by atoms with van der Waals surface area (Å²) in [6.07, 6.45) is 0.794. The molecule has 1 aromatic carbocycles. The molecule has 1 fully saturated rings. The van der Waals surface area contributed by atoms with Crippen LogP contribution in [-0.4, -0.2) is 35.2 Å². The number of amides is 1. The summed E-state index contributed by atoms with van der Waals surface area (Å²) in [4.78, 5) is 27.8. The van der Waals surface area contributed by atoms with Gasteiger partial charge in [-0.3, -0.25) is 4.79 Å². The number of thiazole rings is 1. The first-order valence-electron chi connectivity index (χ1n) is 8.40.